The number of aromatic nitrogens is 2. The molecule has 1 aliphatic heterocycles. The van der Waals surface area contributed by atoms with Crippen LogP contribution >= 0.6 is 11.3 Å². The molecule has 3 rings (SSSR count). The summed E-state index contributed by atoms with van der Waals surface area (Å²) in [6.45, 7) is 0. The molecule has 2 aromatic rings. The number of pyridine rings is 1. The van der Waals surface area contributed by atoms with Gasteiger partial charge in [0.05, 0.1) is 30.2 Å². The molecule has 1 aliphatic rings. The van der Waals surface area contributed by atoms with Gasteiger partial charge in [0.15, 0.2) is 0 Å². The smallest absolute Gasteiger partial charge is 0.332 e. The van der Waals surface area contributed by atoms with Crippen LogP contribution < -0.4 is 20.5 Å². The average Bonchev–Trinajstić information content (AvgIpc) is 3.03. The number of carbonyl (C=O) groups is 2. The van der Waals surface area contributed by atoms with E-state index in [0.29, 0.717) is 5.56 Å². The number of fused-ring (bicyclic) bond motifs is 1. The van der Waals surface area contributed by atoms with E-state index in [4.69, 9.17) is 5.73 Å². The summed E-state index contributed by atoms with van der Waals surface area (Å²) in [4.78, 5) is 43.1. The topological polar surface area (TPSA) is 131 Å². The van der Waals surface area contributed by atoms with E-state index < -0.39 is 23.4 Å². The van der Waals surface area contributed by atoms with Gasteiger partial charge in [-0.3, -0.25) is 19.1 Å². The van der Waals surface area contributed by atoms with Crippen molar-refractivity contribution in [3.05, 3.63) is 55.2 Å². The number of esters is 1. The van der Waals surface area contributed by atoms with Gasteiger partial charge in [0.25, 0.3) is 11.5 Å². The van der Waals surface area contributed by atoms with Gasteiger partial charge in [-0.1, -0.05) is 6.07 Å². The van der Waals surface area contributed by atoms with Gasteiger partial charge in [0.1, 0.15) is 15.0 Å². The third-order valence-electron chi connectivity index (χ3n) is 4.37. The molecule has 0 bridgehead atoms. The summed E-state index contributed by atoms with van der Waals surface area (Å²) in [5.41, 5.74) is 6.43. The first-order chi connectivity index (χ1) is 13.8. The van der Waals surface area contributed by atoms with E-state index >= 15 is 0 Å². The molecule has 0 saturated carbocycles. The van der Waals surface area contributed by atoms with Gasteiger partial charge < -0.3 is 15.4 Å². The second kappa shape index (κ2) is 7.73. The Kier molecular flexibility index (Phi) is 5.34. The van der Waals surface area contributed by atoms with Crippen LogP contribution in [-0.2, 0) is 14.3 Å². The molecular weight excluding hydrogens is 394 g/mol. The summed E-state index contributed by atoms with van der Waals surface area (Å²) in [5.74, 6) is -1.99. The molecule has 0 saturated heterocycles. The van der Waals surface area contributed by atoms with Crippen molar-refractivity contribution in [3.8, 4) is 6.07 Å². The van der Waals surface area contributed by atoms with Gasteiger partial charge in [0.2, 0.25) is 0 Å². The molecular formula is C19H17N5O4S. The Morgan fingerprint density at radius 3 is 2.72 bits per heavy atom. The standard InChI is InChI=1S/C19H17N5O4S/c1-23(2)18(27)15-14(10-5-4-6-22-9-10)11(8-20)16(21)24-17(26)12(29-19(15)24)7-13(25)28-3/h4-7,9,14H,21H2,1-3H3/b12-7-/t14-/m0/s1. The van der Waals surface area contributed by atoms with Crippen LogP contribution in [0.25, 0.3) is 17.5 Å². The zero-order chi connectivity index (χ0) is 21.3. The largest absolute Gasteiger partial charge is 0.466 e. The van der Waals surface area contributed by atoms with Crippen molar-refractivity contribution in [1.29, 1.82) is 5.26 Å². The van der Waals surface area contributed by atoms with Gasteiger partial charge in [-0.15, -0.1) is 11.3 Å². The number of amides is 1. The summed E-state index contributed by atoms with van der Waals surface area (Å²) in [7, 11) is 4.33. The lowest BCUT2D eigenvalue weighted by molar-refractivity contribution is -0.133. The van der Waals surface area contributed by atoms with Crippen LogP contribution in [0.5, 0.6) is 0 Å². The van der Waals surface area contributed by atoms with Gasteiger partial charge in [-0.05, 0) is 11.6 Å². The number of thiazole rings is 1. The van der Waals surface area contributed by atoms with Crippen molar-refractivity contribution in [3.63, 3.8) is 0 Å². The zero-order valence-electron chi connectivity index (χ0n) is 15.9. The van der Waals surface area contributed by atoms with Crippen molar-refractivity contribution >= 4 is 40.7 Å². The fourth-order valence-electron chi connectivity index (χ4n) is 3.04. The molecule has 2 N–H and O–H groups in total. The molecule has 0 aromatic carbocycles. The van der Waals surface area contributed by atoms with Crippen LogP contribution in [0.4, 0.5) is 0 Å². The van der Waals surface area contributed by atoms with Gasteiger partial charge in [-0.2, -0.15) is 5.26 Å². The SMILES string of the molecule is COC(=O)/C=c1\sc2n(c1=O)C(N)=C(C#N)[C@H](c1cccnc1)C=2C(=O)N(C)C. The predicted octanol–water partition coefficient (Wildman–Crippen LogP) is -1.05. The number of rotatable bonds is 3. The Labute approximate surface area is 169 Å². The molecule has 1 atom stereocenters. The van der Waals surface area contributed by atoms with Gasteiger partial charge in [0, 0.05) is 32.6 Å². The number of methoxy groups -OCH3 is 1. The highest BCUT2D eigenvalue weighted by molar-refractivity contribution is 7.07. The van der Waals surface area contributed by atoms with E-state index in [-0.39, 0.29) is 26.2 Å². The van der Waals surface area contributed by atoms with E-state index in [0.717, 1.165) is 22.0 Å². The number of ether oxygens (including phenoxy) is 1. The average molecular weight is 411 g/mol. The van der Waals surface area contributed by atoms with Crippen LogP contribution in [0.1, 0.15) is 11.5 Å². The predicted molar refractivity (Wildman–Crippen MR) is 106 cm³/mol. The highest BCUT2D eigenvalue weighted by atomic mass is 32.1. The van der Waals surface area contributed by atoms with E-state index in [9.17, 15) is 19.6 Å². The van der Waals surface area contributed by atoms with Crippen molar-refractivity contribution in [2.24, 2.45) is 5.73 Å². The summed E-state index contributed by atoms with van der Waals surface area (Å²) in [5, 5.41) is 9.80. The number of nitrogens with zero attached hydrogens (tertiary/aromatic N) is 4. The number of nitrogens with two attached hydrogens (primary N) is 1. The Bertz CT molecular complexity index is 1250. The summed E-state index contributed by atoms with van der Waals surface area (Å²) in [6.07, 6.45) is 4.15. The minimum absolute atomic E-state index is 0.0444. The lowest BCUT2D eigenvalue weighted by Gasteiger charge is -2.26. The second-order valence-electron chi connectivity index (χ2n) is 6.32. The van der Waals surface area contributed by atoms with Crippen molar-refractivity contribution in [1.82, 2.24) is 14.5 Å². The maximum atomic E-state index is 13.1. The number of carbonyl (C=O) groups excluding carboxylic acids is 2. The third kappa shape index (κ3) is 3.32. The van der Waals surface area contributed by atoms with E-state index in [1.54, 1.807) is 38.6 Å². The molecule has 0 radical (unpaired) electrons. The summed E-state index contributed by atoms with van der Waals surface area (Å²) >= 11 is 0.940. The van der Waals surface area contributed by atoms with Crippen LogP contribution in [0.3, 0.4) is 0 Å². The lowest BCUT2D eigenvalue weighted by atomic mass is 9.84. The van der Waals surface area contributed by atoms with Crippen LogP contribution in [-0.4, -0.2) is 47.5 Å². The molecule has 0 unspecified atom stereocenters. The first-order valence-corrected chi connectivity index (χ1v) is 9.20. The summed E-state index contributed by atoms with van der Waals surface area (Å²) < 4.78 is 5.99. The van der Waals surface area contributed by atoms with E-state index in [1.165, 1.54) is 12.0 Å². The molecule has 29 heavy (non-hydrogen) atoms. The minimum atomic E-state index is -0.798. The Morgan fingerprint density at radius 1 is 1.45 bits per heavy atom. The van der Waals surface area contributed by atoms with Gasteiger partial charge >= 0.3 is 5.97 Å². The number of nitriles is 1. The molecule has 148 valence electrons. The normalized spacial score (nSPS) is 16.3. The molecule has 9 nitrogen and oxygen atoms in total. The number of allylic oxidation sites excluding steroid dienone is 1. The van der Waals surface area contributed by atoms with Crippen LogP contribution in [0.2, 0.25) is 0 Å². The monoisotopic (exact) mass is 411 g/mol. The molecule has 0 spiro atoms. The molecule has 2 aromatic heterocycles. The Hall–Kier alpha value is -3.71. The van der Waals surface area contributed by atoms with Crippen LogP contribution in [0.15, 0.2) is 34.9 Å². The van der Waals surface area contributed by atoms with Crippen molar-refractivity contribution in [2.75, 3.05) is 21.2 Å². The fraction of sp³-hybridized carbons (Fsp3) is 0.211. The second-order valence-corrected chi connectivity index (χ2v) is 7.35. The highest BCUT2D eigenvalue weighted by Crippen LogP contribution is 2.36. The molecule has 0 fully saturated rings. The quantitative estimate of drug-likeness (QED) is 0.637. The maximum Gasteiger partial charge on any atom is 0.332 e. The number of hydrogen-bond acceptors (Lipinski definition) is 8. The first kappa shape index (κ1) is 20.0. The third-order valence-corrected chi connectivity index (χ3v) is 5.48. The maximum absolute atomic E-state index is 13.1. The minimum Gasteiger partial charge on any atom is -0.466 e. The number of hydrogen-bond donors (Lipinski definition) is 1. The van der Waals surface area contributed by atoms with Gasteiger partial charge in [-0.25, -0.2) is 4.79 Å². The molecule has 1 amide bonds. The summed E-state index contributed by atoms with van der Waals surface area (Å²) in [6, 6.07) is 5.45. The van der Waals surface area contributed by atoms with Crippen molar-refractivity contribution in [2.45, 2.75) is 5.92 Å². The highest BCUT2D eigenvalue weighted by Gasteiger charge is 2.36. The van der Waals surface area contributed by atoms with Crippen molar-refractivity contribution < 1.29 is 14.3 Å². The molecule has 0 aliphatic carbocycles. The van der Waals surface area contributed by atoms with E-state index in [1.807, 2.05) is 6.07 Å². The lowest BCUT2D eigenvalue weighted by Crippen LogP contribution is -2.41. The zero-order valence-corrected chi connectivity index (χ0v) is 16.7. The van der Waals surface area contributed by atoms with Crippen LogP contribution in [0, 0.1) is 11.3 Å². The Morgan fingerprint density at radius 2 is 2.17 bits per heavy atom. The fourth-order valence-corrected chi connectivity index (χ4v) is 4.17. The first-order valence-electron chi connectivity index (χ1n) is 8.39. The van der Waals surface area contributed by atoms with E-state index in [2.05, 4.69) is 9.72 Å². The Balaban J connectivity index is 2.51. The molecule has 10 heteroatoms. The molecule has 3 heterocycles.